The summed E-state index contributed by atoms with van der Waals surface area (Å²) in [6.07, 6.45) is 2.10. The lowest BCUT2D eigenvalue weighted by atomic mass is 10.1. The molecule has 2 unspecified atom stereocenters. The molecule has 0 aliphatic carbocycles. The van der Waals surface area contributed by atoms with Gasteiger partial charge in [-0.1, -0.05) is 19.1 Å². The molecular weight excluding hydrogens is 214 g/mol. The first-order valence-electron chi connectivity index (χ1n) is 6.26. The maximum absolute atomic E-state index is 9.38. The summed E-state index contributed by atoms with van der Waals surface area (Å²) >= 11 is 0. The fourth-order valence-electron chi connectivity index (χ4n) is 1.77. The van der Waals surface area contributed by atoms with Gasteiger partial charge in [-0.2, -0.15) is 0 Å². The van der Waals surface area contributed by atoms with Gasteiger partial charge in [-0.3, -0.25) is 0 Å². The number of hydrogen-bond acceptors (Lipinski definition) is 3. The van der Waals surface area contributed by atoms with E-state index in [0.717, 1.165) is 24.9 Å². The van der Waals surface area contributed by atoms with Crippen LogP contribution >= 0.6 is 0 Å². The lowest BCUT2D eigenvalue weighted by Crippen LogP contribution is -2.20. The van der Waals surface area contributed by atoms with E-state index in [1.807, 2.05) is 12.1 Å². The minimum Gasteiger partial charge on any atom is -0.508 e. The number of nitrogens with one attached hydrogen (secondary N) is 1. The van der Waals surface area contributed by atoms with Gasteiger partial charge < -0.3 is 15.5 Å². The van der Waals surface area contributed by atoms with Crippen LogP contribution in [0, 0.1) is 5.92 Å². The van der Waals surface area contributed by atoms with Crippen LogP contribution in [0.5, 0.6) is 5.75 Å². The third-order valence-electron chi connectivity index (χ3n) is 3.01. The topological polar surface area (TPSA) is 52.5 Å². The average molecular weight is 237 g/mol. The number of aromatic hydroxyl groups is 1. The Morgan fingerprint density at radius 1 is 1.29 bits per heavy atom. The van der Waals surface area contributed by atoms with Crippen LogP contribution in [0.2, 0.25) is 0 Å². The number of benzene rings is 1. The Labute approximate surface area is 103 Å². The highest BCUT2D eigenvalue weighted by atomic mass is 16.3. The summed E-state index contributed by atoms with van der Waals surface area (Å²) in [5, 5.41) is 21.7. The molecule has 0 spiro atoms. The fourth-order valence-corrected chi connectivity index (χ4v) is 1.77. The summed E-state index contributed by atoms with van der Waals surface area (Å²) < 4.78 is 0. The molecule has 0 amide bonds. The molecule has 1 aromatic rings. The Morgan fingerprint density at radius 2 is 2.06 bits per heavy atom. The minimum absolute atomic E-state index is 0.242. The van der Waals surface area contributed by atoms with Crippen LogP contribution < -0.4 is 5.32 Å². The van der Waals surface area contributed by atoms with E-state index < -0.39 is 0 Å². The second-order valence-electron chi connectivity index (χ2n) is 4.70. The van der Waals surface area contributed by atoms with Crippen LogP contribution in [0.3, 0.4) is 0 Å². The maximum atomic E-state index is 9.38. The number of hydrogen-bond donors (Lipinski definition) is 3. The molecule has 3 N–H and O–H groups in total. The van der Waals surface area contributed by atoms with Gasteiger partial charge in [0.05, 0.1) is 0 Å². The maximum Gasteiger partial charge on any atom is 0.115 e. The van der Waals surface area contributed by atoms with Gasteiger partial charge in [0.1, 0.15) is 5.75 Å². The van der Waals surface area contributed by atoms with Crippen molar-refractivity contribution in [1.82, 2.24) is 5.32 Å². The first-order chi connectivity index (χ1) is 8.13. The minimum atomic E-state index is 0.242. The molecule has 0 aromatic heterocycles. The lowest BCUT2D eigenvalue weighted by Gasteiger charge is -2.15. The second-order valence-corrected chi connectivity index (χ2v) is 4.70. The number of phenolic OH excluding ortho intramolecular Hbond substituents is 1. The van der Waals surface area contributed by atoms with E-state index in [4.69, 9.17) is 5.11 Å². The molecular formula is C14H23NO2. The van der Waals surface area contributed by atoms with Gasteiger partial charge in [0.2, 0.25) is 0 Å². The summed E-state index contributed by atoms with van der Waals surface area (Å²) in [6.45, 7) is 5.34. The summed E-state index contributed by atoms with van der Waals surface area (Å²) in [7, 11) is 0. The number of phenols is 1. The SMILES string of the molecule is CC(CO)CCCNC(C)c1cccc(O)c1. The van der Waals surface area contributed by atoms with Gasteiger partial charge in [-0.05, 0) is 49.9 Å². The van der Waals surface area contributed by atoms with Crippen molar-refractivity contribution in [2.45, 2.75) is 32.7 Å². The Kier molecular flexibility index (Phi) is 6.01. The van der Waals surface area contributed by atoms with Crippen molar-refractivity contribution in [1.29, 1.82) is 0 Å². The van der Waals surface area contributed by atoms with Crippen molar-refractivity contribution in [3.63, 3.8) is 0 Å². The van der Waals surface area contributed by atoms with E-state index in [9.17, 15) is 5.11 Å². The van der Waals surface area contributed by atoms with E-state index >= 15 is 0 Å². The molecule has 0 aliphatic heterocycles. The molecule has 96 valence electrons. The number of aliphatic hydroxyl groups excluding tert-OH is 1. The Bertz CT molecular complexity index is 328. The predicted octanol–water partition coefficient (Wildman–Crippen LogP) is 2.45. The molecule has 0 saturated heterocycles. The summed E-state index contributed by atoms with van der Waals surface area (Å²) in [5.41, 5.74) is 1.10. The Hall–Kier alpha value is -1.06. The third kappa shape index (κ3) is 5.20. The van der Waals surface area contributed by atoms with E-state index in [0.29, 0.717) is 11.7 Å². The van der Waals surface area contributed by atoms with E-state index in [1.165, 1.54) is 0 Å². The van der Waals surface area contributed by atoms with Crippen molar-refractivity contribution in [2.24, 2.45) is 5.92 Å². The van der Waals surface area contributed by atoms with Crippen LogP contribution in [0.25, 0.3) is 0 Å². The van der Waals surface area contributed by atoms with Gasteiger partial charge >= 0.3 is 0 Å². The van der Waals surface area contributed by atoms with E-state index in [1.54, 1.807) is 12.1 Å². The van der Waals surface area contributed by atoms with Gasteiger partial charge in [0, 0.05) is 12.6 Å². The zero-order valence-corrected chi connectivity index (χ0v) is 10.7. The monoisotopic (exact) mass is 237 g/mol. The van der Waals surface area contributed by atoms with Crippen molar-refractivity contribution in [3.05, 3.63) is 29.8 Å². The molecule has 0 fully saturated rings. The molecule has 17 heavy (non-hydrogen) atoms. The summed E-state index contributed by atoms with van der Waals surface area (Å²) in [5.74, 6) is 0.693. The summed E-state index contributed by atoms with van der Waals surface area (Å²) in [4.78, 5) is 0. The van der Waals surface area contributed by atoms with E-state index in [-0.39, 0.29) is 12.6 Å². The third-order valence-corrected chi connectivity index (χ3v) is 3.01. The van der Waals surface area contributed by atoms with Crippen molar-refractivity contribution < 1.29 is 10.2 Å². The highest BCUT2D eigenvalue weighted by Gasteiger charge is 2.05. The molecule has 3 heteroatoms. The van der Waals surface area contributed by atoms with Crippen molar-refractivity contribution in [3.8, 4) is 5.75 Å². The Morgan fingerprint density at radius 3 is 2.71 bits per heavy atom. The molecule has 0 bridgehead atoms. The van der Waals surface area contributed by atoms with Crippen LogP contribution in [0.1, 0.15) is 38.3 Å². The highest BCUT2D eigenvalue weighted by molar-refractivity contribution is 5.28. The molecule has 0 radical (unpaired) electrons. The first-order valence-corrected chi connectivity index (χ1v) is 6.26. The fraction of sp³-hybridized carbons (Fsp3) is 0.571. The zero-order valence-electron chi connectivity index (χ0n) is 10.7. The quantitative estimate of drug-likeness (QED) is 0.638. The molecule has 0 heterocycles. The van der Waals surface area contributed by atoms with Crippen LogP contribution in [-0.2, 0) is 0 Å². The summed E-state index contributed by atoms with van der Waals surface area (Å²) in [6, 6.07) is 7.57. The molecule has 1 rings (SSSR count). The van der Waals surface area contributed by atoms with Gasteiger partial charge in [-0.25, -0.2) is 0 Å². The molecule has 2 atom stereocenters. The van der Waals surface area contributed by atoms with Crippen molar-refractivity contribution >= 4 is 0 Å². The highest BCUT2D eigenvalue weighted by Crippen LogP contribution is 2.17. The average Bonchev–Trinajstić information content (AvgIpc) is 2.34. The zero-order chi connectivity index (χ0) is 12.7. The normalized spacial score (nSPS) is 14.5. The smallest absolute Gasteiger partial charge is 0.115 e. The Balaban J connectivity index is 2.28. The predicted molar refractivity (Wildman–Crippen MR) is 70.0 cm³/mol. The molecule has 0 saturated carbocycles. The number of aliphatic hydroxyl groups is 1. The first kappa shape index (κ1) is 14.0. The molecule has 3 nitrogen and oxygen atoms in total. The van der Waals surface area contributed by atoms with Crippen LogP contribution in [0.15, 0.2) is 24.3 Å². The number of rotatable bonds is 7. The second kappa shape index (κ2) is 7.30. The largest absolute Gasteiger partial charge is 0.508 e. The van der Waals surface area contributed by atoms with Gasteiger partial charge in [-0.15, -0.1) is 0 Å². The van der Waals surface area contributed by atoms with E-state index in [2.05, 4.69) is 19.2 Å². The van der Waals surface area contributed by atoms with Crippen LogP contribution in [-0.4, -0.2) is 23.4 Å². The molecule has 0 aliphatic rings. The van der Waals surface area contributed by atoms with Gasteiger partial charge in [0.15, 0.2) is 0 Å². The van der Waals surface area contributed by atoms with Gasteiger partial charge in [0.25, 0.3) is 0 Å². The van der Waals surface area contributed by atoms with Crippen LogP contribution in [0.4, 0.5) is 0 Å². The standard InChI is InChI=1S/C14H23NO2/c1-11(10-16)5-4-8-15-12(2)13-6-3-7-14(17)9-13/h3,6-7,9,11-12,15-17H,4-5,8,10H2,1-2H3. The molecule has 1 aromatic carbocycles. The van der Waals surface area contributed by atoms with Crippen molar-refractivity contribution in [2.75, 3.05) is 13.2 Å². The lowest BCUT2D eigenvalue weighted by molar-refractivity contribution is 0.227.